The Morgan fingerprint density at radius 1 is 1.05 bits per heavy atom. The van der Waals surface area contributed by atoms with Crippen LogP contribution in [0.4, 0.5) is 4.39 Å². The fourth-order valence-electron chi connectivity index (χ4n) is 1.89. The molecule has 1 N–H and O–H groups in total. The van der Waals surface area contributed by atoms with E-state index in [9.17, 15) is 9.50 Å². The Morgan fingerprint density at radius 2 is 1.68 bits per heavy atom. The maximum Gasteiger partial charge on any atom is 0.141 e. The first kappa shape index (κ1) is 13.7. The van der Waals surface area contributed by atoms with Gasteiger partial charge in [-0.2, -0.15) is 0 Å². The molecule has 0 bridgehead atoms. The summed E-state index contributed by atoms with van der Waals surface area (Å²) in [6.45, 7) is 6.42. The van der Waals surface area contributed by atoms with Gasteiger partial charge in [0.25, 0.3) is 0 Å². The van der Waals surface area contributed by atoms with Crippen LogP contribution >= 0.6 is 0 Å². The van der Waals surface area contributed by atoms with Crippen LogP contribution in [0.25, 0.3) is 0 Å². The molecule has 0 aliphatic carbocycles. The Kier molecular flexibility index (Phi) is 3.67. The number of aliphatic hydroxyl groups excluding tert-OH is 1. The molecule has 2 rings (SSSR count). The Labute approximate surface area is 112 Å². The van der Waals surface area contributed by atoms with Gasteiger partial charge in [-0.3, -0.25) is 4.98 Å². The van der Waals surface area contributed by atoms with Crippen molar-refractivity contribution in [1.82, 2.24) is 4.98 Å². The molecule has 1 heterocycles. The molecule has 2 nitrogen and oxygen atoms in total. The molecule has 0 aliphatic rings. The van der Waals surface area contributed by atoms with Gasteiger partial charge in [0.1, 0.15) is 11.9 Å². The molecule has 0 saturated heterocycles. The van der Waals surface area contributed by atoms with Gasteiger partial charge in [0.05, 0.1) is 11.9 Å². The smallest absolute Gasteiger partial charge is 0.141 e. The van der Waals surface area contributed by atoms with Gasteiger partial charge in [-0.05, 0) is 28.7 Å². The zero-order valence-electron chi connectivity index (χ0n) is 11.4. The highest BCUT2D eigenvalue weighted by Crippen LogP contribution is 2.25. The normalized spacial score (nSPS) is 13.3. The summed E-state index contributed by atoms with van der Waals surface area (Å²) in [5, 5.41) is 10.2. The quantitative estimate of drug-likeness (QED) is 0.894. The first-order chi connectivity index (χ1) is 8.88. The van der Waals surface area contributed by atoms with Crippen LogP contribution in [0.5, 0.6) is 0 Å². The third-order valence-corrected chi connectivity index (χ3v) is 3.12. The van der Waals surface area contributed by atoms with Crippen LogP contribution in [0.3, 0.4) is 0 Å². The van der Waals surface area contributed by atoms with Crippen LogP contribution in [-0.4, -0.2) is 10.1 Å². The van der Waals surface area contributed by atoms with Gasteiger partial charge in [0.15, 0.2) is 0 Å². The van der Waals surface area contributed by atoms with Crippen LogP contribution in [0.15, 0.2) is 42.6 Å². The average molecular weight is 259 g/mol. The van der Waals surface area contributed by atoms with Gasteiger partial charge in [0, 0.05) is 0 Å². The standard InChI is InChI=1S/C16H18FNO/c1-16(2,3)12-6-4-11(5-7-12)15(19)14-9-8-13(17)10-18-14/h4-10,15,19H,1-3H3. The summed E-state index contributed by atoms with van der Waals surface area (Å²) in [4.78, 5) is 3.90. The van der Waals surface area contributed by atoms with E-state index in [0.717, 1.165) is 11.8 Å². The molecule has 19 heavy (non-hydrogen) atoms. The highest BCUT2D eigenvalue weighted by molar-refractivity contribution is 5.31. The summed E-state index contributed by atoms with van der Waals surface area (Å²) >= 11 is 0. The summed E-state index contributed by atoms with van der Waals surface area (Å²) in [6, 6.07) is 10.6. The van der Waals surface area contributed by atoms with E-state index < -0.39 is 11.9 Å². The summed E-state index contributed by atoms with van der Waals surface area (Å²) < 4.78 is 12.8. The minimum absolute atomic E-state index is 0.0810. The molecular formula is C16H18FNO. The van der Waals surface area contributed by atoms with Gasteiger partial charge in [-0.25, -0.2) is 4.39 Å². The zero-order valence-corrected chi connectivity index (χ0v) is 11.4. The van der Waals surface area contributed by atoms with Gasteiger partial charge in [-0.1, -0.05) is 45.0 Å². The van der Waals surface area contributed by atoms with E-state index in [-0.39, 0.29) is 5.41 Å². The lowest BCUT2D eigenvalue weighted by atomic mass is 9.86. The highest BCUT2D eigenvalue weighted by Gasteiger charge is 2.16. The lowest BCUT2D eigenvalue weighted by molar-refractivity contribution is 0.215. The predicted molar refractivity (Wildman–Crippen MR) is 73.4 cm³/mol. The third kappa shape index (κ3) is 3.18. The summed E-state index contributed by atoms with van der Waals surface area (Å²) in [5.74, 6) is -0.404. The summed E-state index contributed by atoms with van der Waals surface area (Å²) in [7, 11) is 0. The molecule has 100 valence electrons. The molecule has 0 radical (unpaired) electrons. The number of halogens is 1. The second-order valence-corrected chi connectivity index (χ2v) is 5.68. The first-order valence-electron chi connectivity index (χ1n) is 6.28. The van der Waals surface area contributed by atoms with Crippen LogP contribution in [0.2, 0.25) is 0 Å². The number of hydrogen-bond acceptors (Lipinski definition) is 2. The average Bonchev–Trinajstić information content (AvgIpc) is 2.38. The van der Waals surface area contributed by atoms with Gasteiger partial charge in [0.2, 0.25) is 0 Å². The summed E-state index contributed by atoms with van der Waals surface area (Å²) in [6.07, 6.45) is 0.289. The number of nitrogens with zero attached hydrogens (tertiary/aromatic N) is 1. The Morgan fingerprint density at radius 3 is 2.16 bits per heavy atom. The molecule has 3 heteroatoms. The first-order valence-corrected chi connectivity index (χ1v) is 6.28. The van der Waals surface area contributed by atoms with E-state index in [0.29, 0.717) is 5.69 Å². The fourth-order valence-corrected chi connectivity index (χ4v) is 1.89. The van der Waals surface area contributed by atoms with Crippen LogP contribution < -0.4 is 0 Å². The van der Waals surface area contributed by atoms with Crippen molar-refractivity contribution in [2.45, 2.75) is 32.3 Å². The van der Waals surface area contributed by atoms with E-state index in [1.54, 1.807) is 0 Å². The van der Waals surface area contributed by atoms with Crippen molar-refractivity contribution in [3.63, 3.8) is 0 Å². The Balaban J connectivity index is 2.25. The van der Waals surface area contributed by atoms with Crippen molar-refractivity contribution >= 4 is 0 Å². The molecule has 0 fully saturated rings. The topological polar surface area (TPSA) is 33.1 Å². The minimum Gasteiger partial charge on any atom is -0.382 e. The molecular weight excluding hydrogens is 241 g/mol. The van der Waals surface area contributed by atoms with Gasteiger partial charge < -0.3 is 5.11 Å². The maximum atomic E-state index is 12.8. The number of benzene rings is 1. The summed E-state index contributed by atoms with van der Waals surface area (Å²) in [5.41, 5.74) is 2.49. The van der Waals surface area contributed by atoms with Crippen LogP contribution in [-0.2, 0) is 5.41 Å². The van der Waals surface area contributed by atoms with E-state index in [2.05, 4.69) is 25.8 Å². The van der Waals surface area contributed by atoms with E-state index in [4.69, 9.17) is 0 Å². The lowest BCUT2D eigenvalue weighted by Gasteiger charge is -2.20. The SMILES string of the molecule is CC(C)(C)c1ccc(C(O)c2ccc(F)cn2)cc1. The number of rotatable bonds is 2. The highest BCUT2D eigenvalue weighted by atomic mass is 19.1. The lowest BCUT2D eigenvalue weighted by Crippen LogP contribution is -2.11. The van der Waals surface area contributed by atoms with Crippen molar-refractivity contribution in [2.75, 3.05) is 0 Å². The van der Waals surface area contributed by atoms with Crippen molar-refractivity contribution < 1.29 is 9.50 Å². The zero-order chi connectivity index (χ0) is 14.0. The minimum atomic E-state index is -0.824. The third-order valence-electron chi connectivity index (χ3n) is 3.12. The van der Waals surface area contributed by atoms with Crippen molar-refractivity contribution in [2.24, 2.45) is 0 Å². The monoisotopic (exact) mass is 259 g/mol. The second kappa shape index (κ2) is 5.10. The predicted octanol–water partition coefficient (Wildman–Crippen LogP) is 3.60. The number of hydrogen-bond donors (Lipinski definition) is 1. The van der Waals surface area contributed by atoms with E-state index >= 15 is 0 Å². The van der Waals surface area contributed by atoms with Crippen LogP contribution in [0.1, 0.15) is 43.7 Å². The molecule has 0 amide bonds. The molecule has 1 unspecified atom stereocenters. The Hall–Kier alpha value is -1.74. The molecule has 0 saturated carbocycles. The Bertz CT molecular complexity index is 540. The molecule has 2 aromatic rings. The largest absolute Gasteiger partial charge is 0.382 e. The molecule has 1 aromatic heterocycles. The number of aromatic nitrogens is 1. The molecule has 0 spiro atoms. The van der Waals surface area contributed by atoms with Gasteiger partial charge >= 0.3 is 0 Å². The fraction of sp³-hybridized carbons (Fsp3) is 0.312. The molecule has 0 aliphatic heterocycles. The van der Waals surface area contributed by atoms with Gasteiger partial charge in [-0.15, -0.1) is 0 Å². The number of aliphatic hydroxyl groups is 1. The van der Waals surface area contributed by atoms with Crippen molar-refractivity contribution in [3.8, 4) is 0 Å². The van der Waals surface area contributed by atoms with E-state index in [1.807, 2.05) is 24.3 Å². The van der Waals surface area contributed by atoms with Crippen molar-refractivity contribution in [1.29, 1.82) is 0 Å². The molecule has 1 aromatic carbocycles. The maximum absolute atomic E-state index is 12.8. The van der Waals surface area contributed by atoms with E-state index in [1.165, 1.54) is 17.7 Å². The van der Waals surface area contributed by atoms with Crippen LogP contribution in [0, 0.1) is 5.82 Å². The second-order valence-electron chi connectivity index (χ2n) is 5.68. The molecule has 1 atom stereocenters. The van der Waals surface area contributed by atoms with Crippen molar-refractivity contribution in [3.05, 3.63) is 65.2 Å². The number of pyridine rings is 1.